The number of aromatic hydroxyl groups is 1. The molecule has 2 aromatic carbocycles. The number of phenols is 1. The van der Waals surface area contributed by atoms with E-state index in [4.69, 9.17) is 9.15 Å². The van der Waals surface area contributed by atoms with E-state index in [0.717, 1.165) is 27.6 Å². The van der Waals surface area contributed by atoms with Gasteiger partial charge in [-0.3, -0.25) is 0 Å². The summed E-state index contributed by atoms with van der Waals surface area (Å²) < 4.78 is 10.6. The summed E-state index contributed by atoms with van der Waals surface area (Å²) in [5.74, 6) is 0.945. The third kappa shape index (κ3) is 3.15. The molecule has 0 aliphatic rings. The summed E-state index contributed by atoms with van der Waals surface area (Å²) in [6.07, 6.45) is 3.62. The van der Waals surface area contributed by atoms with Gasteiger partial charge < -0.3 is 14.3 Å². The van der Waals surface area contributed by atoms with Crippen LogP contribution in [0.2, 0.25) is 0 Å². The van der Waals surface area contributed by atoms with Crippen LogP contribution < -0.4 is 10.4 Å². The first kappa shape index (κ1) is 16.8. The Morgan fingerprint density at radius 3 is 2.36 bits per heavy atom. The van der Waals surface area contributed by atoms with Crippen LogP contribution in [0.25, 0.3) is 23.1 Å². The number of phenolic OH excluding ortho intramolecular Hbond substituents is 1. The number of hydrogen-bond donors (Lipinski definition) is 1. The van der Waals surface area contributed by atoms with Gasteiger partial charge in [0.15, 0.2) is 0 Å². The van der Waals surface area contributed by atoms with E-state index in [0.29, 0.717) is 22.6 Å². The van der Waals surface area contributed by atoms with Gasteiger partial charge >= 0.3 is 5.63 Å². The minimum atomic E-state index is -0.387. The van der Waals surface area contributed by atoms with E-state index in [-0.39, 0.29) is 5.63 Å². The molecule has 25 heavy (non-hydrogen) atoms. The molecular formula is C21H20O4. The number of fused-ring (bicyclic) bond motifs is 1. The Morgan fingerprint density at radius 1 is 1.04 bits per heavy atom. The molecule has 1 heterocycles. The van der Waals surface area contributed by atoms with Crippen molar-refractivity contribution in [3.63, 3.8) is 0 Å². The summed E-state index contributed by atoms with van der Waals surface area (Å²) in [5.41, 5.74) is 4.01. The highest BCUT2D eigenvalue weighted by molar-refractivity contribution is 5.86. The number of aryl methyl sites for hydroxylation is 3. The number of methoxy groups -OCH3 is 1. The summed E-state index contributed by atoms with van der Waals surface area (Å²) in [7, 11) is 1.57. The minimum Gasteiger partial charge on any atom is -0.507 e. The van der Waals surface area contributed by atoms with E-state index in [1.54, 1.807) is 19.3 Å². The van der Waals surface area contributed by atoms with E-state index in [9.17, 15) is 9.90 Å². The highest BCUT2D eigenvalue weighted by atomic mass is 16.5. The Bertz CT molecular complexity index is 1020. The zero-order valence-corrected chi connectivity index (χ0v) is 14.7. The topological polar surface area (TPSA) is 59.7 Å². The normalized spacial score (nSPS) is 11.4. The molecule has 0 spiro atoms. The fraction of sp³-hybridized carbons (Fsp3) is 0.190. The van der Waals surface area contributed by atoms with Crippen molar-refractivity contribution in [3.05, 3.63) is 68.6 Å². The van der Waals surface area contributed by atoms with Crippen LogP contribution in [0.15, 0.2) is 39.5 Å². The summed E-state index contributed by atoms with van der Waals surface area (Å²) in [6.45, 7) is 5.60. The van der Waals surface area contributed by atoms with Crippen molar-refractivity contribution in [1.29, 1.82) is 0 Å². The van der Waals surface area contributed by atoms with Gasteiger partial charge in [-0.25, -0.2) is 4.79 Å². The average molecular weight is 336 g/mol. The van der Waals surface area contributed by atoms with Crippen LogP contribution in [0, 0.1) is 20.8 Å². The number of hydrogen-bond acceptors (Lipinski definition) is 4. The lowest BCUT2D eigenvalue weighted by molar-refractivity contribution is 0.414. The average Bonchev–Trinajstić information content (AvgIpc) is 2.58. The Balaban J connectivity index is 2.08. The second-order valence-corrected chi connectivity index (χ2v) is 6.13. The van der Waals surface area contributed by atoms with Gasteiger partial charge in [-0.05, 0) is 73.4 Å². The Kier molecular flexibility index (Phi) is 4.36. The Labute approximate surface area is 146 Å². The third-order valence-electron chi connectivity index (χ3n) is 4.38. The molecule has 128 valence electrons. The highest BCUT2D eigenvalue weighted by Crippen LogP contribution is 2.26. The van der Waals surface area contributed by atoms with Crippen LogP contribution in [-0.2, 0) is 0 Å². The van der Waals surface area contributed by atoms with Gasteiger partial charge in [0.1, 0.15) is 17.1 Å². The lowest BCUT2D eigenvalue weighted by Gasteiger charge is -2.07. The van der Waals surface area contributed by atoms with Gasteiger partial charge in [-0.1, -0.05) is 6.08 Å². The first-order chi connectivity index (χ1) is 11.9. The van der Waals surface area contributed by atoms with Crippen LogP contribution in [-0.4, -0.2) is 12.2 Å². The Morgan fingerprint density at radius 2 is 1.72 bits per heavy atom. The summed E-state index contributed by atoms with van der Waals surface area (Å²) in [6, 6.07) is 9.20. The van der Waals surface area contributed by atoms with Gasteiger partial charge in [0, 0.05) is 11.5 Å². The van der Waals surface area contributed by atoms with Gasteiger partial charge in [0.2, 0.25) is 0 Å². The van der Waals surface area contributed by atoms with Gasteiger partial charge in [0.25, 0.3) is 0 Å². The van der Waals surface area contributed by atoms with Crippen molar-refractivity contribution in [2.75, 3.05) is 7.11 Å². The predicted octanol–water partition coefficient (Wildman–Crippen LogP) is 4.60. The van der Waals surface area contributed by atoms with Crippen molar-refractivity contribution in [1.82, 2.24) is 0 Å². The van der Waals surface area contributed by atoms with E-state index < -0.39 is 0 Å². The molecule has 0 fully saturated rings. The molecule has 0 amide bonds. The molecule has 0 atom stereocenters. The van der Waals surface area contributed by atoms with Crippen LogP contribution in [0.5, 0.6) is 11.5 Å². The first-order valence-corrected chi connectivity index (χ1v) is 8.00. The fourth-order valence-electron chi connectivity index (χ4n) is 2.94. The van der Waals surface area contributed by atoms with E-state index in [1.165, 1.54) is 0 Å². The number of ether oxygens (including phenoxy) is 1. The molecule has 4 heteroatoms. The monoisotopic (exact) mass is 336 g/mol. The summed E-state index contributed by atoms with van der Waals surface area (Å²) in [4.78, 5) is 12.4. The number of benzene rings is 2. The molecule has 3 rings (SSSR count). The number of rotatable bonds is 3. The van der Waals surface area contributed by atoms with Crippen molar-refractivity contribution < 1.29 is 14.3 Å². The van der Waals surface area contributed by atoms with Crippen LogP contribution in [0.3, 0.4) is 0 Å². The first-order valence-electron chi connectivity index (χ1n) is 8.00. The molecule has 0 aliphatic heterocycles. The molecule has 4 nitrogen and oxygen atoms in total. The van der Waals surface area contributed by atoms with Crippen LogP contribution in [0.4, 0.5) is 0 Å². The molecule has 3 aromatic rings. The molecule has 0 unspecified atom stereocenters. The van der Waals surface area contributed by atoms with Gasteiger partial charge in [-0.15, -0.1) is 0 Å². The molecule has 0 aliphatic carbocycles. The van der Waals surface area contributed by atoms with Crippen molar-refractivity contribution in [2.45, 2.75) is 20.8 Å². The quantitative estimate of drug-likeness (QED) is 0.710. The van der Waals surface area contributed by atoms with Gasteiger partial charge in [-0.2, -0.15) is 0 Å². The predicted molar refractivity (Wildman–Crippen MR) is 100 cm³/mol. The molecular weight excluding hydrogens is 316 g/mol. The SMILES string of the molecule is COc1ccc2c(C)c(/C=C/c3cc(C)c(O)c(C)c3)c(=O)oc2c1. The third-order valence-corrected chi connectivity index (χ3v) is 4.38. The molecule has 0 saturated heterocycles. The minimum absolute atomic E-state index is 0.299. The lowest BCUT2D eigenvalue weighted by atomic mass is 10.0. The standard InChI is InChI=1S/C21H20O4/c1-12-9-15(10-13(2)20(12)22)5-7-18-14(3)17-8-6-16(24-4)11-19(17)25-21(18)23/h5-11,22H,1-4H3/b7-5+. The van der Waals surface area contributed by atoms with Gasteiger partial charge in [0.05, 0.1) is 12.7 Å². The van der Waals surface area contributed by atoms with E-state index in [1.807, 2.05) is 51.1 Å². The maximum atomic E-state index is 12.4. The largest absolute Gasteiger partial charge is 0.507 e. The summed E-state index contributed by atoms with van der Waals surface area (Å²) in [5, 5.41) is 10.7. The lowest BCUT2D eigenvalue weighted by Crippen LogP contribution is -2.06. The smallest absolute Gasteiger partial charge is 0.343 e. The van der Waals surface area contributed by atoms with Crippen molar-refractivity contribution in [2.24, 2.45) is 0 Å². The molecule has 1 aromatic heterocycles. The zero-order valence-electron chi connectivity index (χ0n) is 14.7. The zero-order chi connectivity index (χ0) is 18.1. The van der Waals surface area contributed by atoms with Crippen molar-refractivity contribution in [3.8, 4) is 11.5 Å². The molecule has 0 bridgehead atoms. The molecule has 0 saturated carbocycles. The maximum absolute atomic E-state index is 12.4. The summed E-state index contributed by atoms with van der Waals surface area (Å²) >= 11 is 0. The second-order valence-electron chi connectivity index (χ2n) is 6.13. The maximum Gasteiger partial charge on any atom is 0.343 e. The van der Waals surface area contributed by atoms with Crippen molar-refractivity contribution >= 4 is 23.1 Å². The second kappa shape index (κ2) is 6.48. The Hall–Kier alpha value is -3.01. The van der Waals surface area contributed by atoms with E-state index in [2.05, 4.69) is 0 Å². The van der Waals surface area contributed by atoms with Crippen LogP contribution in [0.1, 0.15) is 27.8 Å². The fourth-order valence-corrected chi connectivity index (χ4v) is 2.94. The molecule has 0 radical (unpaired) electrons. The van der Waals surface area contributed by atoms with E-state index >= 15 is 0 Å². The van der Waals surface area contributed by atoms with Crippen LogP contribution >= 0.6 is 0 Å². The highest BCUT2D eigenvalue weighted by Gasteiger charge is 2.10. The molecule has 1 N–H and O–H groups in total.